The molecule has 2 rings (SSSR count). The molecule has 1 aromatic carbocycles. The SMILES string of the molecule is O=S(=O)(/C(Cl)=C/c1ccco1)c1ccccc1. The lowest BCUT2D eigenvalue weighted by Crippen LogP contribution is -2.00. The zero-order valence-electron chi connectivity index (χ0n) is 8.71. The van der Waals surface area contributed by atoms with E-state index in [2.05, 4.69) is 0 Å². The number of hydrogen-bond donors (Lipinski definition) is 0. The first-order chi connectivity index (χ1) is 8.10. The molecule has 0 radical (unpaired) electrons. The van der Waals surface area contributed by atoms with Gasteiger partial charge in [0, 0.05) is 6.08 Å². The summed E-state index contributed by atoms with van der Waals surface area (Å²) in [5, 5.41) is 0. The van der Waals surface area contributed by atoms with Crippen LogP contribution in [0.4, 0.5) is 0 Å². The highest BCUT2D eigenvalue weighted by atomic mass is 35.5. The van der Waals surface area contributed by atoms with Crippen molar-refractivity contribution >= 4 is 27.5 Å². The molecule has 0 fully saturated rings. The van der Waals surface area contributed by atoms with E-state index in [9.17, 15) is 8.42 Å². The number of sulfone groups is 1. The molecular formula is C12H9ClO3S. The van der Waals surface area contributed by atoms with E-state index < -0.39 is 9.84 Å². The summed E-state index contributed by atoms with van der Waals surface area (Å²) in [5.41, 5.74) is 0. The van der Waals surface area contributed by atoms with E-state index in [0.29, 0.717) is 5.76 Å². The van der Waals surface area contributed by atoms with Gasteiger partial charge in [-0.3, -0.25) is 0 Å². The number of furan rings is 1. The first-order valence-corrected chi connectivity index (χ1v) is 6.67. The maximum Gasteiger partial charge on any atom is 0.217 e. The van der Waals surface area contributed by atoms with E-state index >= 15 is 0 Å². The Morgan fingerprint density at radius 1 is 1.12 bits per heavy atom. The fourth-order valence-electron chi connectivity index (χ4n) is 1.28. The van der Waals surface area contributed by atoms with Crippen LogP contribution < -0.4 is 0 Å². The molecule has 0 saturated heterocycles. The van der Waals surface area contributed by atoms with E-state index in [1.54, 1.807) is 30.3 Å². The summed E-state index contributed by atoms with van der Waals surface area (Å²) in [6.07, 6.45) is 2.73. The molecule has 0 aliphatic carbocycles. The maximum absolute atomic E-state index is 12.0. The van der Waals surface area contributed by atoms with Crippen molar-refractivity contribution in [2.24, 2.45) is 0 Å². The van der Waals surface area contributed by atoms with Crippen molar-refractivity contribution < 1.29 is 12.8 Å². The van der Waals surface area contributed by atoms with Crippen LogP contribution in [0.15, 0.2) is 62.4 Å². The highest BCUT2D eigenvalue weighted by Gasteiger charge is 2.18. The monoisotopic (exact) mass is 268 g/mol. The highest BCUT2D eigenvalue weighted by molar-refractivity contribution is 7.97. The fraction of sp³-hybridized carbons (Fsp3) is 0. The van der Waals surface area contributed by atoms with Gasteiger partial charge in [0.1, 0.15) is 10.1 Å². The van der Waals surface area contributed by atoms with Gasteiger partial charge in [0.05, 0.1) is 11.2 Å². The normalized spacial score (nSPS) is 12.6. The molecule has 0 aliphatic heterocycles. The molecule has 0 atom stereocenters. The quantitative estimate of drug-likeness (QED) is 0.858. The fourth-order valence-corrected chi connectivity index (χ4v) is 2.66. The van der Waals surface area contributed by atoms with Gasteiger partial charge in [-0.25, -0.2) is 8.42 Å². The van der Waals surface area contributed by atoms with Gasteiger partial charge in [0.15, 0.2) is 0 Å². The molecule has 0 unspecified atom stereocenters. The predicted octanol–water partition coefficient (Wildman–Crippen LogP) is 3.29. The lowest BCUT2D eigenvalue weighted by molar-refractivity contribution is 0.556. The second kappa shape index (κ2) is 4.77. The molecule has 17 heavy (non-hydrogen) atoms. The van der Waals surface area contributed by atoms with Crippen LogP contribution in [0.25, 0.3) is 6.08 Å². The minimum Gasteiger partial charge on any atom is -0.465 e. The van der Waals surface area contributed by atoms with Crippen molar-refractivity contribution in [2.75, 3.05) is 0 Å². The number of rotatable bonds is 3. The average molecular weight is 269 g/mol. The smallest absolute Gasteiger partial charge is 0.217 e. The van der Waals surface area contributed by atoms with E-state index in [1.807, 2.05) is 0 Å². The Kier molecular flexibility index (Phi) is 3.36. The van der Waals surface area contributed by atoms with Crippen molar-refractivity contribution in [1.82, 2.24) is 0 Å². The number of benzene rings is 1. The van der Waals surface area contributed by atoms with E-state index in [-0.39, 0.29) is 9.26 Å². The van der Waals surface area contributed by atoms with E-state index in [1.165, 1.54) is 24.5 Å². The average Bonchev–Trinajstić information content (AvgIpc) is 2.83. The summed E-state index contributed by atoms with van der Waals surface area (Å²) in [6.45, 7) is 0. The molecule has 1 aromatic heterocycles. The van der Waals surface area contributed by atoms with E-state index in [4.69, 9.17) is 16.0 Å². The zero-order chi connectivity index (χ0) is 12.3. The molecule has 2 aromatic rings. The molecule has 0 amide bonds. The van der Waals surface area contributed by atoms with Crippen LogP contribution in [-0.4, -0.2) is 8.42 Å². The minimum absolute atomic E-state index is 0.160. The summed E-state index contributed by atoms with van der Waals surface area (Å²) in [6, 6.07) is 11.3. The van der Waals surface area contributed by atoms with Crippen LogP contribution in [0, 0.1) is 0 Å². The van der Waals surface area contributed by atoms with Crippen LogP contribution in [0.2, 0.25) is 0 Å². The first kappa shape index (κ1) is 12.0. The maximum atomic E-state index is 12.0. The first-order valence-electron chi connectivity index (χ1n) is 4.81. The highest BCUT2D eigenvalue weighted by Crippen LogP contribution is 2.24. The molecule has 3 nitrogen and oxygen atoms in total. The largest absolute Gasteiger partial charge is 0.465 e. The van der Waals surface area contributed by atoms with E-state index in [0.717, 1.165) is 0 Å². The second-order valence-corrected chi connectivity index (χ2v) is 5.83. The van der Waals surface area contributed by atoms with Crippen LogP contribution in [0.3, 0.4) is 0 Å². The Hall–Kier alpha value is -1.52. The standard InChI is InChI=1S/C12H9ClO3S/c13-12(9-10-5-4-8-16-10)17(14,15)11-6-2-1-3-7-11/h1-9H/b12-9+. The summed E-state index contributed by atoms with van der Waals surface area (Å²) in [4.78, 5) is 0.160. The van der Waals surface area contributed by atoms with Gasteiger partial charge in [-0.05, 0) is 24.3 Å². The number of halogens is 1. The third kappa shape index (κ3) is 2.60. The van der Waals surface area contributed by atoms with Crippen molar-refractivity contribution in [3.05, 3.63) is 58.9 Å². The van der Waals surface area contributed by atoms with Gasteiger partial charge in [0.2, 0.25) is 9.84 Å². The Morgan fingerprint density at radius 2 is 1.82 bits per heavy atom. The Morgan fingerprint density at radius 3 is 2.41 bits per heavy atom. The summed E-state index contributed by atoms with van der Waals surface area (Å²) in [5.74, 6) is 0.398. The van der Waals surface area contributed by atoms with Gasteiger partial charge in [-0.15, -0.1) is 0 Å². The summed E-state index contributed by atoms with van der Waals surface area (Å²) in [7, 11) is -3.65. The summed E-state index contributed by atoms with van der Waals surface area (Å²) >= 11 is 5.81. The van der Waals surface area contributed by atoms with Crippen LogP contribution in [0.1, 0.15) is 5.76 Å². The van der Waals surface area contributed by atoms with Gasteiger partial charge < -0.3 is 4.42 Å². The molecule has 0 bridgehead atoms. The molecule has 0 N–H and O–H groups in total. The van der Waals surface area contributed by atoms with Gasteiger partial charge in [-0.2, -0.15) is 0 Å². The Bertz CT molecular complexity index is 613. The van der Waals surface area contributed by atoms with Crippen molar-refractivity contribution in [1.29, 1.82) is 0 Å². The molecule has 0 spiro atoms. The van der Waals surface area contributed by atoms with Crippen molar-refractivity contribution in [3.8, 4) is 0 Å². The van der Waals surface area contributed by atoms with Crippen LogP contribution in [0.5, 0.6) is 0 Å². The van der Waals surface area contributed by atoms with Crippen molar-refractivity contribution in [2.45, 2.75) is 4.90 Å². The second-order valence-electron chi connectivity index (χ2n) is 3.28. The number of hydrogen-bond acceptors (Lipinski definition) is 3. The zero-order valence-corrected chi connectivity index (χ0v) is 10.3. The lowest BCUT2D eigenvalue weighted by atomic mass is 10.4. The van der Waals surface area contributed by atoms with Crippen molar-refractivity contribution in [3.63, 3.8) is 0 Å². The van der Waals surface area contributed by atoms with Gasteiger partial charge >= 0.3 is 0 Å². The molecule has 88 valence electrons. The topological polar surface area (TPSA) is 47.3 Å². The minimum atomic E-state index is -3.65. The lowest BCUT2D eigenvalue weighted by Gasteiger charge is -2.01. The third-order valence-corrected chi connectivity index (χ3v) is 4.35. The van der Waals surface area contributed by atoms with Crippen LogP contribution >= 0.6 is 11.6 Å². The third-order valence-electron chi connectivity index (χ3n) is 2.11. The predicted molar refractivity (Wildman–Crippen MR) is 66.2 cm³/mol. The molecule has 5 heteroatoms. The van der Waals surface area contributed by atoms with Crippen LogP contribution in [-0.2, 0) is 9.84 Å². The van der Waals surface area contributed by atoms with Gasteiger partial charge in [0.25, 0.3) is 0 Å². The van der Waals surface area contributed by atoms with Gasteiger partial charge in [-0.1, -0.05) is 29.8 Å². The molecule has 1 heterocycles. The molecule has 0 aliphatic rings. The summed E-state index contributed by atoms with van der Waals surface area (Å²) < 4.78 is 28.8. The Labute approximate surface area is 104 Å². The molecular weight excluding hydrogens is 260 g/mol. The molecule has 0 saturated carbocycles. The Balaban J connectivity index is 2.41.